The smallest absolute Gasteiger partial charge is 0.341 e. The number of carbonyl (C=O) groups excluding carboxylic acids is 1. The van der Waals surface area contributed by atoms with Gasteiger partial charge >= 0.3 is 5.97 Å². The fraction of sp³-hybridized carbons (Fsp3) is 0.217. The second-order valence-electron chi connectivity index (χ2n) is 7.26. The van der Waals surface area contributed by atoms with E-state index in [-0.39, 0.29) is 4.90 Å². The van der Waals surface area contributed by atoms with Gasteiger partial charge in [0.2, 0.25) is 0 Å². The van der Waals surface area contributed by atoms with Gasteiger partial charge in [-0.05, 0) is 74.4 Å². The number of hydrogen-bond acceptors (Lipinski definition) is 6. The summed E-state index contributed by atoms with van der Waals surface area (Å²) in [4.78, 5) is 13.5. The normalized spacial score (nSPS) is 11.0. The number of aryl methyl sites for hydroxylation is 2. The molecule has 1 aromatic heterocycles. The predicted molar refractivity (Wildman–Crippen MR) is 138 cm³/mol. The average molecular weight is 504 g/mol. The molecule has 0 saturated carbocycles. The maximum Gasteiger partial charge on any atom is 0.341 e. The molecule has 10 heteroatoms. The number of ether oxygens (including phenoxy) is 1. The van der Waals surface area contributed by atoms with Gasteiger partial charge < -0.3 is 15.4 Å². The first kappa shape index (κ1) is 24.7. The van der Waals surface area contributed by atoms with Crippen molar-refractivity contribution in [3.63, 3.8) is 0 Å². The molecule has 1 heterocycles. The van der Waals surface area contributed by atoms with Crippen LogP contribution in [0.1, 0.15) is 33.3 Å². The predicted octanol–water partition coefficient (Wildman–Crippen LogP) is 5.32. The molecule has 174 valence electrons. The summed E-state index contributed by atoms with van der Waals surface area (Å²) in [5.41, 5.74) is 3.50. The first-order valence-electron chi connectivity index (χ1n) is 10.1. The molecule has 3 aromatic rings. The molecule has 0 radical (unpaired) electrons. The minimum absolute atomic E-state index is 0.194. The third-order valence-corrected chi connectivity index (χ3v) is 7.57. The molecule has 0 spiro atoms. The highest BCUT2D eigenvalue weighted by atomic mass is 32.2. The van der Waals surface area contributed by atoms with E-state index in [4.69, 9.17) is 17.0 Å². The lowest BCUT2D eigenvalue weighted by Crippen LogP contribution is -2.20. The van der Waals surface area contributed by atoms with Crippen LogP contribution in [0.15, 0.2) is 53.4 Å². The highest BCUT2D eigenvalue weighted by Crippen LogP contribution is 2.34. The Kier molecular flexibility index (Phi) is 7.72. The van der Waals surface area contributed by atoms with Crippen LogP contribution >= 0.6 is 23.6 Å². The minimum Gasteiger partial charge on any atom is -0.465 e. The van der Waals surface area contributed by atoms with Crippen LogP contribution in [0.2, 0.25) is 0 Å². The van der Waals surface area contributed by atoms with Crippen LogP contribution in [0.4, 0.5) is 16.4 Å². The van der Waals surface area contributed by atoms with E-state index in [1.54, 1.807) is 48.5 Å². The number of methoxy groups -OCH3 is 1. The van der Waals surface area contributed by atoms with E-state index in [9.17, 15) is 13.2 Å². The number of hydrogen-bond donors (Lipinski definition) is 3. The summed E-state index contributed by atoms with van der Waals surface area (Å²) < 4.78 is 32.6. The number of esters is 1. The first-order chi connectivity index (χ1) is 15.6. The summed E-state index contributed by atoms with van der Waals surface area (Å²) in [5.74, 6) is -0.410. The largest absolute Gasteiger partial charge is 0.465 e. The zero-order chi connectivity index (χ0) is 24.2. The van der Waals surface area contributed by atoms with Gasteiger partial charge in [0.1, 0.15) is 5.00 Å². The van der Waals surface area contributed by atoms with E-state index >= 15 is 0 Å². The zero-order valence-electron chi connectivity index (χ0n) is 18.7. The Balaban J connectivity index is 1.69. The van der Waals surface area contributed by atoms with Gasteiger partial charge in [-0.15, -0.1) is 11.3 Å². The fourth-order valence-electron chi connectivity index (χ4n) is 3.23. The Hall–Kier alpha value is -2.95. The SMILES string of the molecule is CCc1c(C)sc(NC(=S)Nc2ccc(NS(=O)(=O)c3ccc(C)cc3)cc2)c1C(=O)OC. The summed E-state index contributed by atoms with van der Waals surface area (Å²) in [6.07, 6.45) is 0.703. The Morgan fingerprint density at radius 2 is 1.61 bits per heavy atom. The lowest BCUT2D eigenvalue weighted by molar-refractivity contribution is 0.0601. The van der Waals surface area contributed by atoms with Crippen LogP contribution in [0.3, 0.4) is 0 Å². The fourth-order valence-corrected chi connectivity index (χ4v) is 5.71. The summed E-state index contributed by atoms with van der Waals surface area (Å²) in [6, 6.07) is 13.3. The third-order valence-electron chi connectivity index (χ3n) is 4.91. The molecule has 3 N–H and O–H groups in total. The molecule has 7 nitrogen and oxygen atoms in total. The number of carbonyl (C=O) groups is 1. The van der Waals surface area contributed by atoms with Crippen molar-refractivity contribution in [2.45, 2.75) is 32.1 Å². The third kappa shape index (κ3) is 5.89. The second kappa shape index (κ2) is 10.3. The highest BCUT2D eigenvalue weighted by Gasteiger charge is 2.22. The monoisotopic (exact) mass is 503 g/mol. The number of benzene rings is 2. The van der Waals surface area contributed by atoms with Crippen LogP contribution in [0, 0.1) is 13.8 Å². The molecular formula is C23H25N3O4S3. The van der Waals surface area contributed by atoms with Crippen molar-refractivity contribution < 1.29 is 17.9 Å². The Bertz CT molecular complexity index is 1270. The number of sulfonamides is 1. The van der Waals surface area contributed by atoms with Gasteiger partial charge in [0.25, 0.3) is 10.0 Å². The standard InChI is InChI=1S/C23H25N3O4S3/c1-5-19-15(3)32-21(20(19)22(27)30-4)25-23(31)24-16-8-10-17(11-9-16)26-33(28,29)18-12-6-14(2)7-13-18/h6-13,26H,5H2,1-4H3,(H2,24,25,31). The lowest BCUT2D eigenvalue weighted by Gasteiger charge is -2.12. The molecule has 2 aromatic carbocycles. The molecule has 0 aliphatic heterocycles. The summed E-state index contributed by atoms with van der Waals surface area (Å²) >= 11 is 6.84. The van der Waals surface area contributed by atoms with Gasteiger partial charge in [-0.25, -0.2) is 13.2 Å². The Labute approximate surface area is 203 Å². The molecule has 0 atom stereocenters. The van der Waals surface area contributed by atoms with Crippen molar-refractivity contribution in [1.29, 1.82) is 0 Å². The number of rotatable bonds is 7. The van der Waals surface area contributed by atoms with Crippen LogP contribution in [0.25, 0.3) is 0 Å². The molecule has 0 aliphatic rings. The Morgan fingerprint density at radius 3 is 2.18 bits per heavy atom. The number of thiophene rings is 1. The van der Waals surface area contributed by atoms with Crippen LogP contribution in [-0.4, -0.2) is 26.6 Å². The van der Waals surface area contributed by atoms with E-state index in [0.29, 0.717) is 33.5 Å². The number of thiocarbonyl (C=S) groups is 1. The summed E-state index contributed by atoms with van der Waals surface area (Å²) in [5, 5.41) is 7.05. The van der Waals surface area contributed by atoms with Gasteiger partial charge in [-0.2, -0.15) is 0 Å². The molecule has 0 amide bonds. The van der Waals surface area contributed by atoms with Crippen LogP contribution in [0.5, 0.6) is 0 Å². The topological polar surface area (TPSA) is 96.5 Å². The van der Waals surface area contributed by atoms with Gasteiger partial charge in [0.15, 0.2) is 5.11 Å². The average Bonchev–Trinajstić information content (AvgIpc) is 3.09. The summed E-state index contributed by atoms with van der Waals surface area (Å²) in [6.45, 7) is 5.83. The highest BCUT2D eigenvalue weighted by molar-refractivity contribution is 7.92. The minimum atomic E-state index is -3.68. The van der Waals surface area contributed by atoms with E-state index in [0.717, 1.165) is 16.0 Å². The molecule has 0 saturated heterocycles. The van der Waals surface area contributed by atoms with Crippen molar-refractivity contribution in [2.24, 2.45) is 0 Å². The molecule has 33 heavy (non-hydrogen) atoms. The van der Waals surface area contributed by atoms with Gasteiger partial charge in [0.05, 0.1) is 17.6 Å². The number of nitrogens with one attached hydrogen (secondary N) is 3. The molecule has 0 fully saturated rings. The van der Waals surface area contributed by atoms with Gasteiger partial charge in [0, 0.05) is 16.3 Å². The van der Waals surface area contributed by atoms with Crippen molar-refractivity contribution in [3.8, 4) is 0 Å². The van der Waals surface area contributed by atoms with E-state index < -0.39 is 16.0 Å². The van der Waals surface area contributed by atoms with Crippen LogP contribution < -0.4 is 15.4 Å². The van der Waals surface area contributed by atoms with Gasteiger partial charge in [-0.1, -0.05) is 24.6 Å². The van der Waals surface area contributed by atoms with E-state index in [1.807, 2.05) is 20.8 Å². The van der Waals surface area contributed by atoms with Crippen LogP contribution in [-0.2, 0) is 21.2 Å². The second-order valence-corrected chi connectivity index (χ2v) is 10.6. The van der Waals surface area contributed by atoms with Crippen molar-refractivity contribution in [3.05, 3.63) is 70.1 Å². The van der Waals surface area contributed by atoms with Crippen molar-refractivity contribution >= 4 is 61.0 Å². The first-order valence-corrected chi connectivity index (χ1v) is 12.8. The molecule has 0 aliphatic carbocycles. The lowest BCUT2D eigenvalue weighted by atomic mass is 10.1. The number of anilines is 3. The molecular weight excluding hydrogens is 478 g/mol. The van der Waals surface area contributed by atoms with E-state index in [1.165, 1.54) is 18.4 Å². The quantitative estimate of drug-likeness (QED) is 0.296. The molecule has 0 unspecified atom stereocenters. The van der Waals surface area contributed by atoms with Gasteiger partial charge in [-0.3, -0.25) is 4.72 Å². The molecule has 0 bridgehead atoms. The maximum absolute atomic E-state index is 12.6. The van der Waals surface area contributed by atoms with Crippen molar-refractivity contribution in [2.75, 3.05) is 22.5 Å². The zero-order valence-corrected chi connectivity index (χ0v) is 21.1. The van der Waals surface area contributed by atoms with Crippen molar-refractivity contribution in [1.82, 2.24) is 0 Å². The molecule has 3 rings (SSSR count). The van der Waals surface area contributed by atoms with E-state index in [2.05, 4.69) is 15.4 Å². The maximum atomic E-state index is 12.6. The summed E-state index contributed by atoms with van der Waals surface area (Å²) in [7, 11) is -2.33. The Morgan fingerprint density at radius 1 is 1.00 bits per heavy atom.